The molecule has 6 nitrogen and oxygen atoms in total. The van der Waals surface area contributed by atoms with Crippen LogP contribution in [0.4, 0.5) is 5.82 Å². The molecule has 3 fully saturated rings. The van der Waals surface area contributed by atoms with Crippen molar-refractivity contribution in [2.24, 2.45) is 0 Å². The van der Waals surface area contributed by atoms with Gasteiger partial charge in [0.15, 0.2) is 0 Å². The second kappa shape index (κ2) is 7.65. The Kier molecular flexibility index (Phi) is 5.03. The lowest BCUT2D eigenvalue weighted by Crippen LogP contribution is -2.51. The fraction of sp³-hybridized carbons (Fsp3) is 0.619. The Morgan fingerprint density at radius 1 is 1.04 bits per heavy atom. The number of hydrogen-bond donors (Lipinski definition) is 1. The average Bonchev–Trinajstić information content (AvgIpc) is 3.32. The molecule has 0 atom stereocenters. The summed E-state index contributed by atoms with van der Waals surface area (Å²) < 4.78 is 7.71. The van der Waals surface area contributed by atoms with E-state index in [-0.39, 0.29) is 0 Å². The Labute approximate surface area is 171 Å². The molecule has 1 saturated carbocycles. The zero-order chi connectivity index (χ0) is 19.1. The van der Waals surface area contributed by atoms with Crippen LogP contribution in [0.25, 0.3) is 11.3 Å². The maximum atomic E-state index is 6.21. The molecule has 0 bridgehead atoms. The van der Waals surface area contributed by atoms with E-state index in [9.17, 15) is 0 Å². The molecule has 0 spiro atoms. The third-order valence-electron chi connectivity index (χ3n) is 6.69. The van der Waals surface area contributed by atoms with Gasteiger partial charge >= 0.3 is 0 Å². The van der Waals surface area contributed by atoms with Crippen LogP contribution in [0.5, 0.6) is 0 Å². The summed E-state index contributed by atoms with van der Waals surface area (Å²) in [6, 6.07) is 5.32. The molecule has 0 radical (unpaired) electrons. The SMILES string of the molecule is Nc1ncc(-c2cc(C3CCN(C4COC4)CC3)n(C3CCCC3)n2)cc1Cl. The van der Waals surface area contributed by atoms with Crippen LogP contribution in [-0.2, 0) is 4.74 Å². The van der Waals surface area contributed by atoms with Crippen LogP contribution in [-0.4, -0.2) is 52.0 Å². The summed E-state index contributed by atoms with van der Waals surface area (Å²) in [5.74, 6) is 0.935. The molecule has 5 rings (SSSR count). The zero-order valence-electron chi connectivity index (χ0n) is 16.2. The number of nitrogen functional groups attached to an aromatic ring is 1. The highest BCUT2D eigenvalue weighted by Crippen LogP contribution is 2.38. The van der Waals surface area contributed by atoms with Gasteiger partial charge in [0.2, 0.25) is 0 Å². The van der Waals surface area contributed by atoms with Crippen molar-refractivity contribution in [1.29, 1.82) is 0 Å². The lowest BCUT2D eigenvalue weighted by molar-refractivity contribution is -0.0714. The smallest absolute Gasteiger partial charge is 0.142 e. The summed E-state index contributed by atoms with van der Waals surface area (Å²) in [6.07, 6.45) is 9.22. The molecule has 7 heteroatoms. The van der Waals surface area contributed by atoms with Crippen molar-refractivity contribution in [2.75, 3.05) is 32.0 Å². The maximum Gasteiger partial charge on any atom is 0.142 e. The minimum Gasteiger partial charge on any atom is -0.382 e. The monoisotopic (exact) mass is 401 g/mol. The largest absolute Gasteiger partial charge is 0.382 e. The first-order valence-corrected chi connectivity index (χ1v) is 10.9. The Morgan fingerprint density at radius 3 is 2.43 bits per heavy atom. The molecule has 150 valence electrons. The summed E-state index contributed by atoms with van der Waals surface area (Å²) in [4.78, 5) is 6.83. The standard InChI is InChI=1S/C21H28ClN5O/c22-18-9-15(11-24-21(18)23)19-10-20(27(25-19)16-3-1-2-4-16)14-5-7-26(8-6-14)17-12-28-13-17/h9-11,14,16-17H,1-8,12-13H2,(H2,23,24). The molecule has 28 heavy (non-hydrogen) atoms. The van der Waals surface area contributed by atoms with Crippen molar-refractivity contribution < 1.29 is 4.74 Å². The molecular formula is C21H28ClN5O. The molecule has 2 saturated heterocycles. The van der Waals surface area contributed by atoms with Crippen LogP contribution in [0.2, 0.25) is 5.02 Å². The van der Waals surface area contributed by atoms with Gasteiger partial charge in [-0.2, -0.15) is 5.10 Å². The number of nitrogens with zero attached hydrogens (tertiary/aromatic N) is 4. The quantitative estimate of drug-likeness (QED) is 0.842. The van der Waals surface area contributed by atoms with E-state index in [2.05, 4.69) is 20.6 Å². The van der Waals surface area contributed by atoms with Crippen molar-refractivity contribution in [1.82, 2.24) is 19.7 Å². The van der Waals surface area contributed by atoms with Gasteiger partial charge in [0.05, 0.1) is 36.0 Å². The van der Waals surface area contributed by atoms with Crippen molar-refractivity contribution in [3.8, 4) is 11.3 Å². The molecule has 2 N–H and O–H groups in total. The molecular weight excluding hydrogens is 374 g/mol. The number of likely N-dealkylation sites (tertiary alicyclic amines) is 1. The third-order valence-corrected chi connectivity index (χ3v) is 6.99. The van der Waals surface area contributed by atoms with E-state index in [4.69, 9.17) is 27.2 Å². The van der Waals surface area contributed by atoms with Crippen LogP contribution in [0.1, 0.15) is 56.2 Å². The van der Waals surface area contributed by atoms with Crippen molar-refractivity contribution in [3.05, 3.63) is 29.0 Å². The Balaban J connectivity index is 1.42. The summed E-state index contributed by atoms with van der Waals surface area (Å²) in [5.41, 5.74) is 9.09. The molecule has 0 aromatic carbocycles. The van der Waals surface area contributed by atoms with E-state index in [0.29, 0.717) is 28.8 Å². The van der Waals surface area contributed by atoms with Gasteiger partial charge in [-0.25, -0.2) is 4.98 Å². The van der Waals surface area contributed by atoms with Crippen LogP contribution < -0.4 is 5.73 Å². The van der Waals surface area contributed by atoms with E-state index >= 15 is 0 Å². The van der Waals surface area contributed by atoms with E-state index in [1.807, 2.05) is 6.07 Å². The highest BCUT2D eigenvalue weighted by Gasteiger charge is 2.32. The number of aromatic nitrogens is 3. The number of halogens is 1. The lowest BCUT2D eigenvalue weighted by atomic mass is 9.91. The van der Waals surface area contributed by atoms with Crippen LogP contribution >= 0.6 is 11.6 Å². The second-order valence-corrected chi connectivity index (χ2v) is 8.84. The van der Waals surface area contributed by atoms with Crippen LogP contribution in [0.3, 0.4) is 0 Å². The third kappa shape index (κ3) is 3.42. The first kappa shape index (κ1) is 18.4. The topological polar surface area (TPSA) is 69.2 Å². The van der Waals surface area contributed by atoms with E-state index < -0.39 is 0 Å². The molecule has 0 amide bonds. The zero-order valence-corrected chi connectivity index (χ0v) is 16.9. The van der Waals surface area contributed by atoms with Crippen molar-refractivity contribution in [3.63, 3.8) is 0 Å². The minimum absolute atomic E-state index is 0.369. The fourth-order valence-electron chi connectivity index (χ4n) is 4.88. The lowest BCUT2D eigenvalue weighted by Gasteiger charge is -2.41. The van der Waals surface area contributed by atoms with Gasteiger partial charge in [-0.1, -0.05) is 24.4 Å². The maximum absolute atomic E-state index is 6.21. The van der Waals surface area contributed by atoms with E-state index in [1.165, 1.54) is 44.2 Å². The molecule has 2 aliphatic heterocycles. The predicted octanol–water partition coefficient (Wildman–Crippen LogP) is 3.87. The fourth-order valence-corrected chi connectivity index (χ4v) is 5.05. The normalized spacial score (nSPS) is 22.6. The molecule has 2 aromatic heterocycles. The average molecular weight is 402 g/mol. The number of rotatable bonds is 4. The van der Waals surface area contributed by atoms with E-state index in [1.54, 1.807) is 6.20 Å². The van der Waals surface area contributed by atoms with Gasteiger partial charge in [-0.3, -0.25) is 9.58 Å². The number of nitrogens with two attached hydrogens (primary N) is 1. The minimum atomic E-state index is 0.369. The van der Waals surface area contributed by atoms with E-state index in [0.717, 1.165) is 37.6 Å². The number of hydrogen-bond acceptors (Lipinski definition) is 5. The molecule has 2 aromatic rings. The Bertz CT molecular complexity index is 835. The summed E-state index contributed by atoms with van der Waals surface area (Å²) in [5, 5.41) is 5.52. The first-order chi connectivity index (χ1) is 13.7. The number of pyridine rings is 1. The highest BCUT2D eigenvalue weighted by molar-refractivity contribution is 6.33. The highest BCUT2D eigenvalue weighted by atomic mass is 35.5. The Hall–Kier alpha value is -1.63. The van der Waals surface area contributed by atoms with Gasteiger partial charge in [-0.15, -0.1) is 0 Å². The first-order valence-electron chi connectivity index (χ1n) is 10.5. The Morgan fingerprint density at radius 2 is 1.79 bits per heavy atom. The molecule has 3 aliphatic rings. The van der Waals surface area contributed by atoms with Gasteiger partial charge in [0.25, 0.3) is 0 Å². The van der Waals surface area contributed by atoms with Gasteiger partial charge < -0.3 is 10.5 Å². The molecule has 1 aliphatic carbocycles. The predicted molar refractivity (Wildman–Crippen MR) is 111 cm³/mol. The number of anilines is 1. The van der Waals surface area contributed by atoms with Gasteiger partial charge in [0, 0.05) is 23.4 Å². The summed E-state index contributed by atoms with van der Waals surface area (Å²) in [7, 11) is 0. The van der Waals surface area contributed by atoms with Crippen LogP contribution in [0.15, 0.2) is 18.3 Å². The second-order valence-electron chi connectivity index (χ2n) is 8.43. The summed E-state index contributed by atoms with van der Waals surface area (Å²) >= 11 is 6.21. The van der Waals surface area contributed by atoms with Crippen molar-refractivity contribution in [2.45, 2.75) is 56.5 Å². The summed E-state index contributed by atoms with van der Waals surface area (Å²) in [6.45, 7) is 4.11. The van der Waals surface area contributed by atoms with Gasteiger partial charge in [0.1, 0.15) is 5.82 Å². The van der Waals surface area contributed by atoms with Crippen LogP contribution in [0, 0.1) is 0 Å². The van der Waals surface area contributed by atoms with Crippen molar-refractivity contribution >= 4 is 17.4 Å². The number of ether oxygens (including phenoxy) is 1. The molecule has 0 unspecified atom stereocenters. The molecule has 4 heterocycles. The number of piperidine rings is 1. The van der Waals surface area contributed by atoms with Gasteiger partial charge in [-0.05, 0) is 50.9 Å².